The first kappa shape index (κ1) is 24.2. The molecule has 0 unspecified atom stereocenters. The van der Waals surface area contributed by atoms with Crippen LogP contribution >= 0.6 is 0 Å². The summed E-state index contributed by atoms with van der Waals surface area (Å²) in [6.45, 7) is 1.55. The Morgan fingerprint density at radius 3 is 2.91 bits per heavy atom. The summed E-state index contributed by atoms with van der Waals surface area (Å²) in [6.07, 6.45) is 1.56. The molecular weight excluding hydrogens is 449 g/mol. The second-order valence-corrected chi connectivity index (χ2v) is 8.43. The number of piperidine rings is 1. The van der Waals surface area contributed by atoms with Crippen LogP contribution in [0.25, 0.3) is 5.65 Å². The van der Waals surface area contributed by atoms with Crippen molar-refractivity contribution in [3.05, 3.63) is 47.8 Å². The van der Waals surface area contributed by atoms with Crippen LogP contribution in [0.2, 0.25) is 0 Å². The minimum Gasteiger partial charge on any atom is -0.495 e. The first-order chi connectivity index (χ1) is 16.9. The molecule has 0 aliphatic carbocycles. The highest BCUT2D eigenvalue weighted by molar-refractivity contribution is 5.95. The van der Waals surface area contributed by atoms with E-state index in [9.17, 15) is 9.18 Å². The molecule has 0 spiro atoms. The summed E-state index contributed by atoms with van der Waals surface area (Å²) >= 11 is 0. The van der Waals surface area contributed by atoms with E-state index in [0.29, 0.717) is 53.7 Å². The molecule has 2 aromatic heterocycles. The predicted octanol–water partition coefficient (Wildman–Crippen LogP) is 2.20. The number of carbonyl (C=O) groups is 1. The molecule has 1 aliphatic heterocycles. The Hall–Kier alpha value is -3.97. The summed E-state index contributed by atoms with van der Waals surface area (Å²) in [7, 11) is 5.04. The van der Waals surface area contributed by atoms with Crippen molar-refractivity contribution in [3.8, 4) is 17.6 Å². The molecule has 2 atom stereocenters. The van der Waals surface area contributed by atoms with Gasteiger partial charge in [0.15, 0.2) is 11.3 Å². The SMILES string of the molecule is CNC(=O)c1ccc(NCC#Cc2nc3c(N[C@@H]4CCN(C)C[C@@H]4F)cccn3c2N)c(OC)c1. The third-order valence-electron chi connectivity index (χ3n) is 6.04. The number of aromatic nitrogens is 2. The molecule has 1 fully saturated rings. The maximum Gasteiger partial charge on any atom is 0.251 e. The van der Waals surface area contributed by atoms with Gasteiger partial charge in [0.05, 0.1) is 31.1 Å². The zero-order valence-corrected chi connectivity index (χ0v) is 20.1. The van der Waals surface area contributed by atoms with E-state index in [1.54, 1.807) is 36.8 Å². The molecule has 5 N–H and O–H groups in total. The zero-order valence-electron chi connectivity index (χ0n) is 20.1. The number of alkyl halides is 1. The summed E-state index contributed by atoms with van der Waals surface area (Å²) in [4.78, 5) is 18.4. The highest BCUT2D eigenvalue weighted by Crippen LogP contribution is 2.26. The summed E-state index contributed by atoms with van der Waals surface area (Å²) in [6, 6.07) is 8.58. The highest BCUT2D eigenvalue weighted by atomic mass is 19.1. The lowest BCUT2D eigenvalue weighted by Crippen LogP contribution is -2.46. The van der Waals surface area contributed by atoms with Crippen LogP contribution in [0.4, 0.5) is 21.6 Å². The van der Waals surface area contributed by atoms with Gasteiger partial charge in [-0.1, -0.05) is 5.92 Å². The number of hydrogen-bond donors (Lipinski definition) is 4. The van der Waals surface area contributed by atoms with E-state index >= 15 is 0 Å². The first-order valence-corrected chi connectivity index (χ1v) is 11.4. The van der Waals surface area contributed by atoms with Crippen molar-refractivity contribution in [2.24, 2.45) is 0 Å². The molecule has 35 heavy (non-hydrogen) atoms. The van der Waals surface area contributed by atoms with Crippen molar-refractivity contribution in [3.63, 3.8) is 0 Å². The lowest BCUT2D eigenvalue weighted by molar-refractivity contribution is 0.0962. The molecule has 1 saturated heterocycles. The molecule has 0 bridgehead atoms. The number of rotatable bonds is 6. The second kappa shape index (κ2) is 10.5. The Labute approximate surface area is 203 Å². The molecule has 10 heteroatoms. The highest BCUT2D eigenvalue weighted by Gasteiger charge is 2.28. The number of amides is 1. The Morgan fingerprint density at radius 2 is 2.17 bits per heavy atom. The summed E-state index contributed by atoms with van der Waals surface area (Å²) in [5.41, 5.74) is 9.29. The van der Waals surface area contributed by atoms with Crippen LogP contribution in [0.15, 0.2) is 36.5 Å². The third kappa shape index (κ3) is 5.25. The fourth-order valence-electron chi connectivity index (χ4n) is 4.10. The third-order valence-corrected chi connectivity index (χ3v) is 6.04. The van der Waals surface area contributed by atoms with E-state index in [-0.39, 0.29) is 11.9 Å². The Bertz CT molecular complexity index is 1280. The maximum atomic E-state index is 14.5. The van der Waals surface area contributed by atoms with Gasteiger partial charge in [0, 0.05) is 31.9 Å². The lowest BCUT2D eigenvalue weighted by atomic mass is 10.0. The number of imidazole rings is 1. The molecule has 1 amide bonds. The quantitative estimate of drug-likeness (QED) is 0.402. The number of nitrogen functional groups attached to an aromatic ring is 1. The van der Waals surface area contributed by atoms with Crippen LogP contribution in [0, 0.1) is 11.8 Å². The van der Waals surface area contributed by atoms with Crippen molar-refractivity contribution in [1.82, 2.24) is 19.6 Å². The molecule has 3 heterocycles. The van der Waals surface area contributed by atoms with Gasteiger partial charge < -0.3 is 31.3 Å². The molecule has 0 saturated carbocycles. The van der Waals surface area contributed by atoms with Crippen molar-refractivity contribution in [2.45, 2.75) is 18.6 Å². The maximum absolute atomic E-state index is 14.5. The number of fused-ring (bicyclic) bond motifs is 1. The van der Waals surface area contributed by atoms with E-state index < -0.39 is 6.17 Å². The Kier molecular flexibility index (Phi) is 7.27. The number of nitrogens with two attached hydrogens (primary N) is 1. The number of ether oxygens (including phenoxy) is 1. The number of benzene rings is 1. The fraction of sp³-hybridized carbons (Fsp3) is 0.360. The first-order valence-electron chi connectivity index (χ1n) is 11.4. The van der Waals surface area contributed by atoms with Gasteiger partial charge in [-0.05, 0) is 49.7 Å². The Balaban J connectivity index is 1.48. The largest absolute Gasteiger partial charge is 0.495 e. The summed E-state index contributed by atoms with van der Waals surface area (Å²) in [5, 5.41) is 9.08. The van der Waals surface area contributed by atoms with Crippen LogP contribution in [0.5, 0.6) is 5.75 Å². The zero-order chi connectivity index (χ0) is 24.9. The number of carbonyl (C=O) groups excluding carboxylic acids is 1. The average Bonchev–Trinajstić information content (AvgIpc) is 3.19. The number of nitrogens with zero attached hydrogens (tertiary/aromatic N) is 3. The average molecular weight is 480 g/mol. The number of halogens is 1. The molecular formula is C25H30FN7O2. The van der Waals surface area contributed by atoms with E-state index in [1.165, 1.54) is 0 Å². The van der Waals surface area contributed by atoms with Gasteiger partial charge in [-0.3, -0.25) is 9.20 Å². The number of nitrogens with one attached hydrogen (secondary N) is 3. The molecule has 9 nitrogen and oxygen atoms in total. The molecule has 4 rings (SSSR count). The second-order valence-electron chi connectivity index (χ2n) is 8.43. The monoisotopic (exact) mass is 479 g/mol. The number of anilines is 3. The number of methoxy groups -OCH3 is 1. The standard InChI is InChI=1S/C25H30FN7O2/c1-28-25(34)16-8-9-19(22(14-16)35-3)29-11-4-6-20-23(27)33-12-5-7-21(24(33)31-20)30-18-10-13-32(2)15-17(18)26/h5,7-9,12,14,17-18,29-30H,10-11,13,15,27H2,1-3H3,(H,28,34)/t17-,18+/m0/s1. The van der Waals surface area contributed by atoms with Crippen molar-refractivity contribution in [1.29, 1.82) is 0 Å². The van der Waals surface area contributed by atoms with Crippen LogP contribution < -0.4 is 26.4 Å². The smallest absolute Gasteiger partial charge is 0.251 e. The van der Waals surface area contributed by atoms with Crippen molar-refractivity contribution in [2.75, 3.05) is 57.2 Å². The molecule has 184 valence electrons. The van der Waals surface area contributed by atoms with Crippen LogP contribution in [0.3, 0.4) is 0 Å². The van der Waals surface area contributed by atoms with Crippen LogP contribution in [-0.4, -0.2) is 73.2 Å². The van der Waals surface area contributed by atoms with Crippen molar-refractivity contribution >= 4 is 28.7 Å². The van der Waals surface area contributed by atoms with Gasteiger partial charge in [0.1, 0.15) is 17.7 Å². The van der Waals surface area contributed by atoms with Crippen LogP contribution in [0.1, 0.15) is 22.5 Å². The molecule has 0 radical (unpaired) electrons. The van der Waals surface area contributed by atoms with Crippen molar-refractivity contribution < 1.29 is 13.9 Å². The van der Waals surface area contributed by atoms with Gasteiger partial charge in [0.25, 0.3) is 5.91 Å². The summed E-state index contributed by atoms with van der Waals surface area (Å²) < 4.78 is 21.7. The normalized spacial score (nSPS) is 17.9. The minimum absolute atomic E-state index is 0.191. The van der Waals surface area contributed by atoms with E-state index in [4.69, 9.17) is 10.5 Å². The van der Waals surface area contributed by atoms with Gasteiger partial charge in [-0.2, -0.15) is 0 Å². The van der Waals surface area contributed by atoms with Gasteiger partial charge in [-0.15, -0.1) is 0 Å². The lowest BCUT2D eigenvalue weighted by Gasteiger charge is -2.33. The fourth-order valence-corrected chi connectivity index (χ4v) is 4.10. The van der Waals surface area contributed by atoms with E-state index in [0.717, 1.165) is 12.2 Å². The molecule has 1 aromatic carbocycles. The number of hydrogen-bond acceptors (Lipinski definition) is 7. The van der Waals surface area contributed by atoms with Crippen LogP contribution in [-0.2, 0) is 0 Å². The molecule has 3 aromatic rings. The minimum atomic E-state index is -0.964. The Morgan fingerprint density at radius 1 is 1.34 bits per heavy atom. The number of likely N-dealkylation sites (tertiary alicyclic amines) is 1. The van der Waals surface area contributed by atoms with E-state index in [2.05, 4.69) is 32.8 Å². The topological polar surface area (TPSA) is 109 Å². The van der Waals surface area contributed by atoms with Gasteiger partial charge in [-0.25, -0.2) is 9.37 Å². The summed E-state index contributed by atoms with van der Waals surface area (Å²) in [5.74, 6) is 6.81. The molecule has 1 aliphatic rings. The number of pyridine rings is 1. The van der Waals surface area contributed by atoms with Gasteiger partial charge in [0.2, 0.25) is 0 Å². The predicted molar refractivity (Wildman–Crippen MR) is 136 cm³/mol. The van der Waals surface area contributed by atoms with E-state index in [1.807, 2.05) is 30.3 Å². The van der Waals surface area contributed by atoms with Gasteiger partial charge >= 0.3 is 0 Å².